The number of likely N-dealkylation sites (tertiary alicyclic amines) is 2. The van der Waals surface area contributed by atoms with Gasteiger partial charge in [0.2, 0.25) is 5.91 Å². The number of hydrogen-bond donors (Lipinski definition) is 1. The molecule has 0 aromatic rings. The highest BCUT2D eigenvalue weighted by atomic mass is 35.5. The summed E-state index contributed by atoms with van der Waals surface area (Å²) in [6, 6.07) is -0.693. The highest BCUT2D eigenvalue weighted by molar-refractivity contribution is 5.85. The molecular formula is C17H31Cl2F2N3O. The normalized spacial score (nSPS) is 30.1. The summed E-state index contributed by atoms with van der Waals surface area (Å²) >= 11 is 0. The molecule has 0 aliphatic carbocycles. The van der Waals surface area contributed by atoms with Crippen molar-refractivity contribution in [1.29, 1.82) is 0 Å². The molecule has 1 amide bonds. The van der Waals surface area contributed by atoms with Gasteiger partial charge in [0.25, 0.3) is 5.92 Å². The minimum atomic E-state index is -2.73. The van der Waals surface area contributed by atoms with E-state index in [0.717, 1.165) is 32.5 Å². The van der Waals surface area contributed by atoms with Gasteiger partial charge in [-0.15, -0.1) is 24.8 Å². The number of amides is 1. The van der Waals surface area contributed by atoms with E-state index in [1.807, 2.05) is 4.90 Å². The Hall–Kier alpha value is -0.170. The Balaban J connectivity index is 0.00000156. The molecule has 0 saturated carbocycles. The molecule has 2 unspecified atom stereocenters. The first-order valence-corrected chi connectivity index (χ1v) is 9.16. The summed E-state index contributed by atoms with van der Waals surface area (Å²) in [6.07, 6.45) is 6.99. The summed E-state index contributed by atoms with van der Waals surface area (Å²) in [5.74, 6) is -2.36. The van der Waals surface area contributed by atoms with Gasteiger partial charge in [-0.05, 0) is 44.7 Å². The Morgan fingerprint density at radius 1 is 1.04 bits per heavy atom. The second-order valence-corrected chi connectivity index (χ2v) is 7.50. The minimum Gasteiger partial charge on any atom is -0.341 e. The first-order valence-electron chi connectivity index (χ1n) is 9.16. The maximum absolute atomic E-state index is 13.3. The third-order valence-corrected chi connectivity index (χ3v) is 5.45. The second kappa shape index (κ2) is 10.2. The van der Waals surface area contributed by atoms with Crippen molar-refractivity contribution in [2.24, 2.45) is 5.92 Å². The van der Waals surface area contributed by atoms with Crippen molar-refractivity contribution in [3.05, 3.63) is 0 Å². The first kappa shape index (κ1) is 22.9. The van der Waals surface area contributed by atoms with Crippen LogP contribution in [0.15, 0.2) is 0 Å². The van der Waals surface area contributed by atoms with Crippen LogP contribution >= 0.6 is 24.8 Å². The van der Waals surface area contributed by atoms with Gasteiger partial charge in [0, 0.05) is 26.1 Å². The maximum atomic E-state index is 13.3. The molecule has 1 N–H and O–H groups in total. The third kappa shape index (κ3) is 6.49. The van der Waals surface area contributed by atoms with Crippen molar-refractivity contribution >= 4 is 30.7 Å². The summed E-state index contributed by atoms with van der Waals surface area (Å²) in [6.45, 7) is 4.48. The number of carbonyl (C=O) groups is 1. The third-order valence-electron chi connectivity index (χ3n) is 5.45. The zero-order valence-corrected chi connectivity index (χ0v) is 16.4. The summed E-state index contributed by atoms with van der Waals surface area (Å²) in [4.78, 5) is 16.9. The van der Waals surface area contributed by atoms with Gasteiger partial charge >= 0.3 is 0 Å². The molecule has 2 atom stereocenters. The predicted octanol–water partition coefficient (Wildman–Crippen LogP) is 2.94. The molecule has 3 aliphatic heterocycles. The lowest BCUT2D eigenvalue weighted by molar-refractivity contribution is -0.135. The van der Waals surface area contributed by atoms with Crippen LogP contribution in [0.5, 0.6) is 0 Å². The van der Waals surface area contributed by atoms with Crippen LogP contribution in [0.2, 0.25) is 0 Å². The minimum absolute atomic E-state index is 0. The quantitative estimate of drug-likeness (QED) is 0.789. The van der Waals surface area contributed by atoms with E-state index in [1.165, 1.54) is 38.8 Å². The van der Waals surface area contributed by atoms with E-state index in [2.05, 4.69) is 10.2 Å². The summed E-state index contributed by atoms with van der Waals surface area (Å²) < 4.78 is 26.6. The van der Waals surface area contributed by atoms with Crippen LogP contribution in [0.4, 0.5) is 8.78 Å². The van der Waals surface area contributed by atoms with E-state index in [0.29, 0.717) is 5.92 Å². The standard InChI is InChI=1S/C17H29F2N3O.2ClH/c18-17(19)10-15(20-13-17)16(23)22-9-5-6-14(12-22)11-21-7-3-1-2-4-8-21;;/h14-15,20H,1-13H2;2*1H. The highest BCUT2D eigenvalue weighted by Gasteiger charge is 2.44. The van der Waals surface area contributed by atoms with Gasteiger partial charge < -0.3 is 9.80 Å². The fraction of sp³-hybridized carbons (Fsp3) is 0.941. The fourth-order valence-corrected chi connectivity index (χ4v) is 4.21. The van der Waals surface area contributed by atoms with Crippen LogP contribution in [0.1, 0.15) is 44.9 Å². The SMILES string of the molecule is Cl.Cl.O=C(C1CC(F)(F)CN1)N1CCCC(CN2CCCCCC2)C1. The summed E-state index contributed by atoms with van der Waals surface area (Å²) in [7, 11) is 0. The number of halogens is 4. The van der Waals surface area contributed by atoms with Crippen molar-refractivity contribution in [3.63, 3.8) is 0 Å². The fourth-order valence-electron chi connectivity index (χ4n) is 4.21. The topological polar surface area (TPSA) is 35.6 Å². The number of rotatable bonds is 3. The molecular weight excluding hydrogens is 371 g/mol. The molecule has 3 saturated heterocycles. The molecule has 148 valence electrons. The van der Waals surface area contributed by atoms with Gasteiger partial charge in [-0.1, -0.05) is 12.8 Å². The van der Waals surface area contributed by atoms with Crippen LogP contribution < -0.4 is 5.32 Å². The number of piperidine rings is 1. The van der Waals surface area contributed by atoms with E-state index in [4.69, 9.17) is 0 Å². The second-order valence-electron chi connectivity index (χ2n) is 7.50. The zero-order valence-electron chi connectivity index (χ0n) is 14.7. The van der Waals surface area contributed by atoms with Gasteiger partial charge in [0.1, 0.15) is 0 Å². The number of nitrogens with one attached hydrogen (secondary N) is 1. The van der Waals surface area contributed by atoms with Crippen LogP contribution in [0.25, 0.3) is 0 Å². The predicted molar refractivity (Wildman–Crippen MR) is 100 cm³/mol. The summed E-state index contributed by atoms with van der Waals surface area (Å²) in [5.41, 5.74) is 0. The number of hydrogen-bond acceptors (Lipinski definition) is 3. The molecule has 3 rings (SSSR count). The molecule has 3 fully saturated rings. The van der Waals surface area contributed by atoms with Gasteiger partial charge in [-0.2, -0.15) is 0 Å². The number of carbonyl (C=O) groups excluding carboxylic acids is 1. The maximum Gasteiger partial charge on any atom is 0.262 e. The van der Waals surface area contributed by atoms with Crippen LogP contribution in [0.3, 0.4) is 0 Å². The molecule has 3 heterocycles. The Bertz CT molecular complexity index is 421. The Morgan fingerprint density at radius 3 is 2.32 bits per heavy atom. The molecule has 4 nitrogen and oxygen atoms in total. The molecule has 25 heavy (non-hydrogen) atoms. The van der Waals surface area contributed by atoms with E-state index in [9.17, 15) is 13.6 Å². The average Bonchev–Trinajstić information content (AvgIpc) is 2.73. The number of alkyl halides is 2. The van der Waals surface area contributed by atoms with Crippen molar-refractivity contribution in [2.75, 3.05) is 39.3 Å². The molecule has 0 radical (unpaired) electrons. The van der Waals surface area contributed by atoms with E-state index >= 15 is 0 Å². The van der Waals surface area contributed by atoms with E-state index in [-0.39, 0.29) is 43.7 Å². The van der Waals surface area contributed by atoms with Crippen molar-refractivity contribution < 1.29 is 13.6 Å². The molecule has 0 aromatic carbocycles. The Labute approximate surface area is 161 Å². The van der Waals surface area contributed by atoms with Crippen molar-refractivity contribution in [3.8, 4) is 0 Å². The lowest BCUT2D eigenvalue weighted by atomic mass is 9.96. The van der Waals surface area contributed by atoms with Crippen molar-refractivity contribution in [1.82, 2.24) is 15.1 Å². The number of nitrogens with zero attached hydrogens (tertiary/aromatic N) is 2. The molecule has 0 bridgehead atoms. The Kier molecular flexibility index (Phi) is 9.37. The first-order chi connectivity index (χ1) is 11.0. The van der Waals surface area contributed by atoms with Gasteiger partial charge in [0.15, 0.2) is 0 Å². The lowest BCUT2D eigenvalue weighted by Crippen LogP contribution is -2.49. The van der Waals surface area contributed by atoms with Crippen LogP contribution in [0, 0.1) is 5.92 Å². The largest absolute Gasteiger partial charge is 0.341 e. The smallest absolute Gasteiger partial charge is 0.262 e. The van der Waals surface area contributed by atoms with Crippen LogP contribution in [-0.2, 0) is 4.79 Å². The van der Waals surface area contributed by atoms with Gasteiger partial charge in [-0.3, -0.25) is 10.1 Å². The molecule has 0 aromatic heterocycles. The average molecular weight is 402 g/mol. The monoisotopic (exact) mass is 401 g/mol. The van der Waals surface area contributed by atoms with Gasteiger partial charge in [-0.25, -0.2) is 8.78 Å². The molecule has 8 heteroatoms. The Morgan fingerprint density at radius 2 is 1.72 bits per heavy atom. The van der Waals surface area contributed by atoms with Crippen LogP contribution in [-0.4, -0.2) is 66.9 Å². The van der Waals surface area contributed by atoms with E-state index in [1.54, 1.807) is 0 Å². The molecule has 3 aliphatic rings. The van der Waals surface area contributed by atoms with E-state index < -0.39 is 12.0 Å². The zero-order chi connectivity index (χ0) is 16.3. The lowest BCUT2D eigenvalue weighted by Gasteiger charge is -2.36. The highest BCUT2D eigenvalue weighted by Crippen LogP contribution is 2.27. The van der Waals surface area contributed by atoms with Crippen molar-refractivity contribution in [2.45, 2.75) is 56.9 Å². The molecule has 0 spiro atoms. The summed E-state index contributed by atoms with van der Waals surface area (Å²) in [5, 5.41) is 2.70. The van der Waals surface area contributed by atoms with Gasteiger partial charge in [0.05, 0.1) is 12.6 Å².